The van der Waals surface area contributed by atoms with Gasteiger partial charge in [-0.2, -0.15) is 0 Å². The van der Waals surface area contributed by atoms with E-state index in [9.17, 15) is 0 Å². The third-order valence-corrected chi connectivity index (χ3v) is 2.41. The quantitative estimate of drug-likeness (QED) is 0.760. The van der Waals surface area contributed by atoms with Crippen molar-refractivity contribution in [2.24, 2.45) is 0 Å². The average molecular weight is 198 g/mol. The highest BCUT2D eigenvalue weighted by Crippen LogP contribution is 2.32. The minimum Gasteiger partial charge on any atom is -0.349 e. The molecule has 0 radical (unpaired) electrons. The lowest BCUT2D eigenvalue weighted by molar-refractivity contribution is 1.07. The zero-order chi connectivity index (χ0) is 10.1. The summed E-state index contributed by atoms with van der Waals surface area (Å²) in [6.07, 6.45) is 3.40. The minimum absolute atomic E-state index is 0.726. The second kappa shape index (κ2) is 3.24. The molecule has 74 valence electrons. The van der Waals surface area contributed by atoms with Gasteiger partial charge in [-0.05, 0) is 12.1 Å². The molecule has 0 saturated carbocycles. The largest absolute Gasteiger partial charge is 0.349 e. The van der Waals surface area contributed by atoms with Crippen molar-refractivity contribution in [2.75, 3.05) is 16.9 Å². The first-order chi connectivity index (χ1) is 7.45. The van der Waals surface area contributed by atoms with Crippen molar-refractivity contribution in [3.63, 3.8) is 0 Å². The molecule has 3 rings (SSSR count). The van der Waals surface area contributed by atoms with Crippen LogP contribution in [0.5, 0.6) is 0 Å². The molecule has 0 spiro atoms. The molecular weight excluding hydrogens is 188 g/mol. The van der Waals surface area contributed by atoms with E-state index >= 15 is 0 Å². The number of fused-ring (bicyclic) bond motifs is 1. The second-order valence-electron chi connectivity index (χ2n) is 3.33. The molecule has 0 saturated heterocycles. The van der Waals surface area contributed by atoms with Gasteiger partial charge in [-0.15, -0.1) is 0 Å². The summed E-state index contributed by atoms with van der Waals surface area (Å²) < 4.78 is 0. The monoisotopic (exact) mass is 198 g/mol. The number of para-hydroxylation sites is 1. The number of rotatable bonds is 1. The van der Waals surface area contributed by atoms with Crippen molar-refractivity contribution in [3.05, 3.63) is 42.7 Å². The molecule has 0 bridgehead atoms. The Balaban J connectivity index is 2.05. The van der Waals surface area contributed by atoms with E-state index < -0.39 is 0 Å². The van der Waals surface area contributed by atoms with Crippen LogP contribution in [0.25, 0.3) is 0 Å². The van der Waals surface area contributed by atoms with Crippen LogP contribution in [0.3, 0.4) is 0 Å². The summed E-state index contributed by atoms with van der Waals surface area (Å²) in [4.78, 5) is 10.6. The number of aromatic nitrogens is 2. The highest BCUT2D eigenvalue weighted by atomic mass is 15.3. The number of nitrogens with zero attached hydrogens (tertiary/aromatic N) is 3. The molecule has 1 aliphatic rings. The fourth-order valence-corrected chi connectivity index (χ4v) is 1.70. The van der Waals surface area contributed by atoms with Crippen LogP contribution in [0.1, 0.15) is 0 Å². The first kappa shape index (κ1) is 8.23. The Morgan fingerprint density at radius 3 is 2.73 bits per heavy atom. The van der Waals surface area contributed by atoms with Crippen LogP contribution in [0.15, 0.2) is 42.7 Å². The molecule has 4 nitrogen and oxygen atoms in total. The van der Waals surface area contributed by atoms with Gasteiger partial charge in [-0.25, -0.2) is 9.97 Å². The number of hydrogen-bond acceptors (Lipinski definition) is 4. The predicted octanol–water partition coefficient (Wildman–Crippen LogP) is 2.00. The van der Waals surface area contributed by atoms with E-state index in [1.54, 1.807) is 12.4 Å². The van der Waals surface area contributed by atoms with E-state index in [0.29, 0.717) is 0 Å². The van der Waals surface area contributed by atoms with Crippen LogP contribution in [-0.4, -0.2) is 16.6 Å². The topological polar surface area (TPSA) is 41.0 Å². The van der Waals surface area contributed by atoms with Gasteiger partial charge < -0.3 is 10.2 Å². The molecule has 0 unspecified atom stereocenters. The first-order valence-corrected chi connectivity index (χ1v) is 4.82. The first-order valence-electron chi connectivity index (χ1n) is 4.82. The second-order valence-corrected chi connectivity index (χ2v) is 3.33. The molecule has 2 aromatic rings. The van der Waals surface area contributed by atoms with Crippen molar-refractivity contribution in [1.82, 2.24) is 9.97 Å². The van der Waals surface area contributed by atoms with E-state index in [-0.39, 0.29) is 0 Å². The van der Waals surface area contributed by atoms with Crippen LogP contribution in [0.4, 0.5) is 17.3 Å². The maximum atomic E-state index is 4.32. The molecule has 1 aromatic heterocycles. The third kappa shape index (κ3) is 1.30. The minimum atomic E-state index is 0.726. The fourth-order valence-electron chi connectivity index (χ4n) is 1.70. The molecule has 0 fully saturated rings. The Labute approximate surface area is 87.6 Å². The fraction of sp³-hybridized carbons (Fsp3) is 0.0909. The zero-order valence-corrected chi connectivity index (χ0v) is 8.09. The normalized spacial score (nSPS) is 13.5. The highest BCUT2D eigenvalue weighted by Gasteiger charge is 2.21. The number of hydrogen-bond donors (Lipinski definition) is 1. The average Bonchev–Trinajstić information content (AvgIpc) is 2.74. The van der Waals surface area contributed by atoms with E-state index in [1.165, 1.54) is 0 Å². The van der Waals surface area contributed by atoms with Crippen LogP contribution in [-0.2, 0) is 0 Å². The molecule has 4 heteroatoms. The van der Waals surface area contributed by atoms with Crippen molar-refractivity contribution >= 4 is 17.3 Å². The van der Waals surface area contributed by atoms with Crippen molar-refractivity contribution in [2.45, 2.75) is 0 Å². The molecule has 0 aliphatic carbocycles. The van der Waals surface area contributed by atoms with Gasteiger partial charge >= 0.3 is 0 Å². The molecule has 1 aliphatic heterocycles. The van der Waals surface area contributed by atoms with Crippen LogP contribution >= 0.6 is 0 Å². The summed E-state index contributed by atoms with van der Waals surface area (Å²) in [5.74, 6) is 1.74. The summed E-state index contributed by atoms with van der Waals surface area (Å²) in [5, 5.41) is 3.20. The Morgan fingerprint density at radius 1 is 1.07 bits per heavy atom. The Kier molecular flexibility index (Phi) is 1.78. The highest BCUT2D eigenvalue weighted by molar-refractivity contribution is 5.74. The molecule has 1 N–H and O–H groups in total. The van der Waals surface area contributed by atoms with E-state index in [4.69, 9.17) is 0 Å². The van der Waals surface area contributed by atoms with Crippen molar-refractivity contribution < 1.29 is 0 Å². The van der Waals surface area contributed by atoms with Gasteiger partial charge in [0.05, 0.1) is 6.67 Å². The molecule has 0 amide bonds. The van der Waals surface area contributed by atoms with Gasteiger partial charge in [0.2, 0.25) is 0 Å². The molecular formula is C11H10N4. The van der Waals surface area contributed by atoms with Crippen LogP contribution in [0.2, 0.25) is 0 Å². The van der Waals surface area contributed by atoms with E-state index in [1.807, 2.05) is 18.2 Å². The lowest BCUT2D eigenvalue weighted by atomic mass is 10.3. The predicted molar refractivity (Wildman–Crippen MR) is 59.1 cm³/mol. The molecule has 0 atom stereocenters. The molecule has 1 aromatic carbocycles. The lowest BCUT2D eigenvalue weighted by Gasteiger charge is -2.15. The zero-order valence-electron chi connectivity index (χ0n) is 8.09. The summed E-state index contributed by atoms with van der Waals surface area (Å²) in [6, 6.07) is 10.2. The van der Waals surface area contributed by atoms with Gasteiger partial charge in [0.25, 0.3) is 0 Å². The summed E-state index contributed by atoms with van der Waals surface area (Å²) in [7, 11) is 0. The van der Waals surface area contributed by atoms with Crippen LogP contribution < -0.4 is 10.2 Å². The summed E-state index contributed by atoms with van der Waals surface area (Å²) in [5.41, 5.74) is 1.13. The summed E-state index contributed by atoms with van der Waals surface area (Å²) >= 11 is 0. The maximum absolute atomic E-state index is 4.32. The van der Waals surface area contributed by atoms with E-state index in [2.05, 4.69) is 32.3 Å². The third-order valence-electron chi connectivity index (χ3n) is 2.41. The van der Waals surface area contributed by atoms with E-state index in [0.717, 1.165) is 24.0 Å². The number of benzene rings is 1. The maximum Gasteiger partial charge on any atom is 0.177 e. The Bertz CT molecular complexity index is 469. The SMILES string of the molecule is c1ccc(N2CNc3nccnc32)cc1. The Hall–Kier alpha value is -2.10. The molecule has 15 heavy (non-hydrogen) atoms. The Morgan fingerprint density at radius 2 is 1.87 bits per heavy atom. The van der Waals surface area contributed by atoms with Crippen molar-refractivity contribution in [3.8, 4) is 0 Å². The van der Waals surface area contributed by atoms with Gasteiger partial charge in [0, 0.05) is 18.1 Å². The van der Waals surface area contributed by atoms with Gasteiger partial charge in [-0.1, -0.05) is 18.2 Å². The number of nitrogens with one attached hydrogen (secondary N) is 1. The smallest absolute Gasteiger partial charge is 0.177 e. The van der Waals surface area contributed by atoms with Gasteiger partial charge in [0.1, 0.15) is 0 Å². The number of anilines is 3. The van der Waals surface area contributed by atoms with Gasteiger partial charge in [-0.3, -0.25) is 0 Å². The summed E-state index contributed by atoms with van der Waals surface area (Å²) in [6.45, 7) is 0.726. The van der Waals surface area contributed by atoms with Gasteiger partial charge in [0.15, 0.2) is 11.6 Å². The molecule has 2 heterocycles. The van der Waals surface area contributed by atoms with Crippen molar-refractivity contribution in [1.29, 1.82) is 0 Å². The van der Waals surface area contributed by atoms with Crippen LogP contribution in [0, 0.1) is 0 Å². The standard InChI is InChI=1S/C11H10N4/c1-2-4-9(5-3-1)15-8-14-10-11(15)13-7-6-12-10/h1-7H,8H2,(H,12,14). The lowest BCUT2D eigenvalue weighted by Crippen LogP contribution is -2.16.